The fourth-order valence-electron chi connectivity index (χ4n) is 4.26. The molecule has 0 fully saturated rings. The minimum absolute atomic E-state index is 0.0416. The van der Waals surface area contributed by atoms with E-state index in [1.807, 2.05) is 0 Å². The van der Waals surface area contributed by atoms with E-state index in [9.17, 15) is 19.6 Å². The van der Waals surface area contributed by atoms with E-state index in [1.165, 1.54) is 47.8 Å². The fourth-order valence-corrected chi connectivity index (χ4v) is 4.43. The number of fused-ring (bicyclic) bond motifs is 1. The van der Waals surface area contributed by atoms with Crippen molar-refractivity contribution in [2.75, 3.05) is 32.8 Å². The number of anilines is 1. The summed E-state index contributed by atoms with van der Waals surface area (Å²) in [5.41, 5.74) is 1.60. The van der Waals surface area contributed by atoms with Gasteiger partial charge in [0, 0.05) is 54.2 Å². The van der Waals surface area contributed by atoms with E-state index in [2.05, 4.69) is 23.1 Å². The lowest BCUT2D eigenvalue weighted by molar-refractivity contribution is -0.119. The fraction of sp³-hybridized carbons (Fsp3) is 0.207. The van der Waals surface area contributed by atoms with Gasteiger partial charge in [0.05, 0.1) is 36.7 Å². The third-order valence-electron chi connectivity index (χ3n) is 6.23. The number of aromatic nitrogens is 3. The number of benzene rings is 1. The monoisotopic (exact) mass is 575 g/mol. The molecule has 1 aromatic carbocycles. The Kier molecular flexibility index (Phi) is 9.19. The normalized spacial score (nSPS) is 11.5. The number of halogens is 1. The van der Waals surface area contributed by atoms with Gasteiger partial charge in [-0.05, 0) is 30.3 Å². The number of nitrogens with zero attached hydrogens (tertiary/aromatic N) is 4. The van der Waals surface area contributed by atoms with Crippen LogP contribution >= 0.6 is 11.6 Å². The van der Waals surface area contributed by atoms with Gasteiger partial charge in [-0.2, -0.15) is 10.4 Å². The third-order valence-corrected chi connectivity index (χ3v) is 6.47. The molecule has 41 heavy (non-hydrogen) atoms. The highest BCUT2D eigenvalue weighted by molar-refractivity contribution is 6.31. The molecule has 11 nitrogen and oxygen atoms in total. The summed E-state index contributed by atoms with van der Waals surface area (Å²) in [4.78, 5) is 39.3. The molecule has 3 aromatic heterocycles. The van der Waals surface area contributed by atoms with Crippen molar-refractivity contribution in [1.82, 2.24) is 14.2 Å². The van der Waals surface area contributed by atoms with Crippen molar-refractivity contribution in [2.45, 2.75) is 12.5 Å². The van der Waals surface area contributed by atoms with Crippen LogP contribution in [0.15, 0.2) is 72.4 Å². The van der Waals surface area contributed by atoms with Gasteiger partial charge in [0.25, 0.3) is 5.56 Å². The van der Waals surface area contributed by atoms with Crippen molar-refractivity contribution in [3.63, 3.8) is 0 Å². The number of nitriles is 1. The Balaban J connectivity index is 1.70. The Morgan fingerprint density at radius 1 is 1.22 bits per heavy atom. The Morgan fingerprint density at radius 3 is 2.73 bits per heavy atom. The first kappa shape index (κ1) is 29.1. The van der Waals surface area contributed by atoms with Crippen molar-refractivity contribution in [3.05, 3.63) is 94.1 Å². The number of hydrogen-bond donors (Lipinski definition) is 1. The molecule has 0 aliphatic carbocycles. The van der Waals surface area contributed by atoms with Gasteiger partial charge in [0.2, 0.25) is 5.91 Å². The zero-order valence-corrected chi connectivity index (χ0v) is 23.1. The second-order valence-corrected chi connectivity index (χ2v) is 9.22. The van der Waals surface area contributed by atoms with Crippen molar-refractivity contribution in [2.24, 2.45) is 0 Å². The standard InChI is InChI=1S/C29H26ClN5O6/c1-4-10-41-29(38)23-16-32-35-9-7-20(13-25(23)35)33-28(37)24(8-11-39-2)34-17-26(40-3)22(14-27(34)36)21-12-19(30)6-5-18(21)15-31/h4-7,9,12-14,16-17,24H,1,8,10-11H2,2-3H3,(H,33,37). The number of ether oxygens (including phenoxy) is 3. The molecule has 0 saturated carbocycles. The molecule has 0 bridgehead atoms. The summed E-state index contributed by atoms with van der Waals surface area (Å²) in [5.74, 6) is -0.819. The third kappa shape index (κ3) is 6.30. The summed E-state index contributed by atoms with van der Waals surface area (Å²) in [7, 11) is 2.91. The Hall–Kier alpha value is -4.92. The predicted molar refractivity (Wildman–Crippen MR) is 152 cm³/mol. The number of hydrogen-bond acceptors (Lipinski definition) is 8. The number of carbonyl (C=O) groups is 2. The van der Waals surface area contributed by atoms with Crippen LogP contribution in [0.5, 0.6) is 5.75 Å². The van der Waals surface area contributed by atoms with Crippen LogP contribution in [-0.4, -0.2) is 53.5 Å². The van der Waals surface area contributed by atoms with Gasteiger partial charge in [0.15, 0.2) is 0 Å². The van der Waals surface area contributed by atoms with E-state index < -0.39 is 23.5 Å². The Bertz CT molecular complexity index is 1720. The molecule has 4 aromatic rings. The Labute approximate surface area is 240 Å². The van der Waals surface area contributed by atoms with Crippen LogP contribution in [0.3, 0.4) is 0 Å². The average molecular weight is 576 g/mol. The topological polar surface area (TPSA) is 137 Å². The van der Waals surface area contributed by atoms with Gasteiger partial charge in [-0.3, -0.25) is 14.2 Å². The van der Waals surface area contributed by atoms with Gasteiger partial charge in [-0.15, -0.1) is 0 Å². The predicted octanol–water partition coefficient (Wildman–Crippen LogP) is 4.26. The highest BCUT2D eigenvalue weighted by atomic mass is 35.5. The molecule has 0 aliphatic heterocycles. The molecule has 0 spiro atoms. The van der Waals surface area contributed by atoms with Crippen LogP contribution in [-0.2, 0) is 14.3 Å². The molecule has 0 saturated heterocycles. The second kappa shape index (κ2) is 13.0. The van der Waals surface area contributed by atoms with E-state index in [-0.39, 0.29) is 30.9 Å². The van der Waals surface area contributed by atoms with E-state index in [4.69, 9.17) is 25.8 Å². The van der Waals surface area contributed by atoms with Crippen LogP contribution in [0.1, 0.15) is 28.4 Å². The highest BCUT2D eigenvalue weighted by Gasteiger charge is 2.25. The molecule has 4 rings (SSSR count). The van der Waals surface area contributed by atoms with E-state index in [0.29, 0.717) is 32.9 Å². The summed E-state index contributed by atoms with van der Waals surface area (Å²) in [5, 5.41) is 16.9. The molecular weight excluding hydrogens is 550 g/mol. The number of pyridine rings is 2. The van der Waals surface area contributed by atoms with E-state index in [1.54, 1.807) is 36.5 Å². The lowest BCUT2D eigenvalue weighted by atomic mass is 10.00. The van der Waals surface area contributed by atoms with Crippen LogP contribution in [0, 0.1) is 11.3 Å². The maximum Gasteiger partial charge on any atom is 0.342 e. The van der Waals surface area contributed by atoms with Crippen molar-refractivity contribution in [3.8, 4) is 22.9 Å². The van der Waals surface area contributed by atoms with Crippen molar-refractivity contribution < 1.29 is 23.8 Å². The summed E-state index contributed by atoms with van der Waals surface area (Å²) >= 11 is 6.16. The average Bonchev–Trinajstić information content (AvgIpc) is 3.40. The van der Waals surface area contributed by atoms with Gasteiger partial charge in [0.1, 0.15) is 24.0 Å². The smallest absolute Gasteiger partial charge is 0.342 e. The highest BCUT2D eigenvalue weighted by Crippen LogP contribution is 2.33. The maximum absolute atomic E-state index is 13.6. The summed E-state index contributed by atoms with van der Waals surface area (Å²) in [6.07, 6.45) is 6.00. The quantitative estimate of drug-likeness (QED) is 0.207. The van der Waals surface area contributed by atoms with Gasteiger partial charge < -0.3 is 19.5 Å². The molecule has 0 radical (unpaired) electrons. The molecule has 12 heteroatoms. The van der Waals surface area contributed by atoms with Crippen LogP contribution in [0.2, 0.25) is 5.02 Å². The molecule has 1 atom stereocenters. The second-order valence-electron chi connectivity index (χ2n) is 8.78. The number of methoxy groups -OCH3 is 2. The molecule has 3 heterocycles. The first-order valence-electron chi connectivity index (χ1n) is 12.4. The molecule has 210 valence electrons. The Morgan fingerprint density at radius 2 is 2.02 bits per heavy atom. The molecule has 1 N–H and O–H groups in total. The van der Waals surface area contributed by atoms with Gasteiger partial charge in [-0.1, -0.05) is 24.3 Å². The van der Waals surface area contributed by atoms with E-state index >= 15 is 0 Å². The largest absolute Gasteiger partial charge is 0.495 e. The lowest BCUT2D eigenvalue weighted by Gasteiger charge is -2.21. The number of rotatable bonds is 11. The zero-order chi connectivity index (χ0) is 29.5. The summed E-state index contributed by atoms with van der Waals surface area (Å²) < 4.78 is 18.6. The molecular formula is C29H26ClN5O6. The van der Waals surface area contributed by atoms with Crippen LogP contribution < -0.4 is 15.6 Å². The summed E-state index contributed by atoms with van der Waals surface area (Å²) in [6, 6.07) is 10.3. The minimum atomic E-state index is -0.988. The van der Waals surface area contributed by atoms with Crippen LogP contribution in [0.4, 0.5) is 5.69 Å². The molecule has 0 aliphatic rings. The first-order valence-corrected chi connectivity index (χ1v) is 12.7. The van der Waals surface area contributed by atoms with Crippen molar-refractivity contribution in [1.29, 1.82) is 5.26 Å². The molecule has 1 unspecified atom stereocenters. The van der Waals surface area contributed by atoms with Crippen molar-refractivity contribution >= 4 is 34.7 Å². The summed E-state index contributed by atoms with van der Waals surface area (Å²) in [6.45, 7) is 3.75. The van der Waals surface area contributed by atoms with E-state index in [0.717, 1.165) is 0 Å². The zero-order valence-electron chi connectivity index (χ0n) is 22.3. The number of nitrogens with one attached hydrogen (secondary N) is 1. The van der Waals surface area contributed by atoms with Gasteiger partial charge >= 0.3 is 5.97 Å². The molecule has 1 amide bonds. The maximum atomic E-state index is 13.6. The number of esters is 1. The lowest BCUT2D eigenvalue weighted by Crippen LogP contribution is -2.34. The SMILES string of the molecule is C=CCOC(=O)c1cnn2ccc(NC(=O)C(CCOC)n3cc(OC)c(-c4cc(Cl)ccc4C#N)cc3=O)cc12. The minimum Gasteiger partial charge on any atom is -0.495 e. The number of amides is 1. The first-order chi connectivity index (χ1) is 19.8. The number of carbonyl (C=O) groups excluding carboxylic acids is 2. The van der Waals surface area contributed by atoms with Gasteiger partial charge in [-0.25, -0.2) is 9.31 Å². The van der Waals surface area contributed by atoms with Crippen LogP contribution in [0.25, 0.3) is 16.6 Å².